The Morgan fingerprint density at radius 2 is 1.52 bits per heavy atom. The third kappa shape index (κ3) is 12.7. The van der Waals surface area contributed by atoms with Crippen molar-refractivity contribution >= 4 is 17.3 Å². The van der Waals surface area contributed by atoms with Gasteiger partial charge in [-0.15, -0.1) is 0 Å². The Morgan fingerprint density at radius 3 is 2.04 bits per heavy atom. The standard InChI is InChI=1S/C20H32O3/c1-15(2)19(13-11-18(5)22)12-9-16(3)10-14-20(23)8-6-7-17(4)21/h9-10,12,15,19H,6-8,11,13-14H2,1-5H3. The van der Waals surface area contributed by atoms with Crippen LogP contribution >= 0.6 is 0 Å². The van der Waals surface area contributed by atoms with Gasteiger partial charge in [-0.05, 0) is 45.4 Å². The van der Waals surface area contributed by atoms with Crippen molar-refractivity contribution in [1.29, 1.82) is 0 Å². The molecule has 0 aliphatic heterocycles. The highest BCUT2D eigenvalue weighted by Gasteiger charge is 2.10. The van der Waals surface area contributed by atoms with Crippen molar-refractivity contribution in [1.82, 2.24) is 0 Å². The molecule has 0 heterocycles. The molecule has 0 saturated heterocycles. The van der Waals surface area contributed by atoms with Crippen LogP contribution in [-0.4, -0.2) is 17.3 Å². The molecule has 3 nitrogen and oxygen atoms in total. The molecule has 0 saturated carbocycles. The Balaban J connectivity index is 4.35. The van der Waals surface area contributed by atoms with E-state index < -0.39 is 0 Å². The van der Waals surface area contributed by atoms with E-state index in [1.165, 1.54) is 0 Å². The zero-order valence-electron chi connectivity index (χ0n) is 15.4. The molecule has 0 fully saturated rings. The van der Waals surface area contributed by atoms with E-state index in [4.69, 9.17) is 0 Å². The molecule has 0 N–H and O–H groups in total. The van der Waals surface area contributed by atoms with E-state index in [9.17, 15) is 14.4 Å². The molecule has 0 aliphatic rings. The summed E-state index contributed by atoms with van der Waals surface area (Å²) in [5.74, 6) is 1.42. The summed E-state index contributed by atoms with van der Waals surface area (Å²) < 4.78 is 0. The fraction of sp³-hybridized carbons (Fsp3) is 0.650. The average Bonchev–Trinajstić information content (AvgIpc) is 2.43. The number of rotatable bonds is 12. The molecule has 0 rings (SSSR count). The normalized spacial score (nSPS) is 13.6. The lowest BCUT2D eigenvalue weighted by molar-refractivity contribution is -0.119. The van der Waals surface area contributed by atoms with Crippen LogP contribution in [0.5, 0.6) is 0 Å². The van der Waals surface area contributed by atoms with Gasteiger partial charge in [-0.3, -0.25) is 4.79 Å². The number of hydrogen-bond donors (Lipinski definition) is 0. The highest BCUT2D eigenvalue weighted by atomic mass is 16.1. The summed E-state index contributed by atoms with van der Waals surface area (Å²) in [5, 5.41) is 0. The molecule has 0 spiro atoms. The van der Waals surface area contributed by atoms with Crippen LogP contribution < -0.4 is 0 Å². The number of Topliss-reactive ketones (excluding diaryl/α,β-unsaturated/α-hetero) is 3. The summed E-state index contributed by atoms with van der Waals surface area (Å²) in [7, 11) is 0. The molecular formula is C20H32O3. The predicted molar refractivity (Wildman–Crippen MR) is 95.3 cm³/mol. The third-order valence-electron chi connectivity index (χ3n) is 3.93. The van der Waals surface area contributed by atoms with Crippen molar-refractivity contribution in [2.45, 2.75) is 73.1 Å². The minimum absolute atomic E-state index is 0.137. The molecule has 3 heteroatoms. The van der Waals surface area contributed by atoms with E-state index in [1.54, 1.807) is 13.8 Å². The van der Waals surface area contributed by atoms with E-state index in [-0.39, 0.29) is 17.3 Å². The SMILES string of the molecule is CC(=O)CCCC(=O)CC=C(C)C=CC(CCC(C)=O)C(C)C. The van der Waals surface area contributed by atoms with Crippen molar-refractivity contribution < 1.29 is 14.4 Å². The summed E-state index contributed by atoms with van der Waals surface area (Å²) in [6.45, 7) is 9.49. The highest BCUT2D eigenvalue weighted by Crippen LogP contribution is 2.19. The second kappa shape index (κ2) is 12.0. The van der Waals surface area contributed by atoms with Crippen LogP contribution in [0.2, 0.25) is 0 Å². The summed E-state index contributed by atoms with van der Waals surface area (Å²) in [4.78, 5) is 33.7. The van der Waals surface area contributed by atoms with Gasteiger partial charge in [0, 0.05) is 25.7 Å². The topological polar surface area (TPSA) is 51.2 Å². The summed E-state index contributed by atoms with van der Waals surface area (Å²) >= 11 is 0. The van der Waals surface area contributed by atoms with Crippen molar-refractivity contribution in [2.75, 3.05) is 0 Å². The first-order chi connectivity index (χ1) is 10.7. The van der Waals surface area contributed by atoms with E-state index in [2.05, 4.69) is 19.9 Å². The van der Waals surface area contributed by atoms with Gasteiger partial charge in [-0.2, -0.15) is 0 Å². The molecule has 0 aromatic carbocycles. The summed E-state index contributed by atoms with van der Waals surface area (Å²) in [6, 6.07) is 0. The predicted octanol–water partition coefficient (Wildman–Crippen LogP) is 4.85. The largest absolute Gasteiger partial charge is 0.300 e. The highest BCUT2D eigenvalue weighted by molar-refractivity contribution is 5.81. The van der Waals surface area contributed by atoms with Crippen LogP contribution in [0, 0.1) is 11.8 Å². The maximum Gasteiger partial charge on any atom is 0.136 e. The summed E-state index contributed by atoms with van der Waals surface area (Å²) in [5.41, 5.74) is 1.07. The minimum atomic E-state index is 0.137. The molecule has 1 unspecified atom stereocenters. The molecule has 0 aromatic rings. The molecule has 23 heavy (non-hydrogen) atoms. The number of carbonyl (C=O) groups excluding carboxylic acids is 3. The van der Waals surface area contributed by atoms with Gasteiger partial charge in [0.05, 0.1) is 0 Å². The van der Waals surface area contributed by atoms with Gasteiger partial charge in [0.15, 0.2) is 0 Å². The second-order valence-corrected chi connectivity index (χ2v) is 6.75. The van der Waals surface area contributed by atoms with Crippen LogP contribution in [-0.2, 0) is 14.4 Å². The number of carbonyl (C=O) groups is 3. The summed E-state index contributed by atoms with van der Waals surface area (Å²) in [6.07, 6.45) is 9.67. The van der Waals surface area contributed by atoms with Gasteiger partial charge in [-0.1, -0.05) is 37.6 Å². The molecule has 0 bridgehead atoms. The molecule has 0 aromatic heterocycles. The lowest BCUT2D eigenvalue weighted by atomic mass is 9.89. The first-order valence-electron chi connectivity index (χ1n) is 8.58. The molecular weight excluding hydrogens is 288 g/mol. The van der Waals surface area contributed by atoms with Crippen LogP contribution in [0.4, 0.5) is 0 Å². The second-order valence-electron chi connectivity index (χ2n) is 6.75. The van der Waals surface area contributed by atoms with E-state index >= 15 is 0 Å². The molecule has 0 amide bonds. The number of allylic oxidation sites excluding steroid dienone is 4. The van der Waals surface area contributed by atoms with Gasteiger partial charge in [0.2, 0.25) is 0 Å². The zero-order chi connectivity index (χ0) is 17.8. The van der Waals surface area contributed by atoms with Gasteiger partial charge in [0.25, 0.3) is 0 Å². The van der Waals surface area contributed by atoms with Gasteiger partial charge >= 0.3 is 0 Å². The lowest BCUT2D eigenvalue weighted by Gasteiger charge is -2.16. The van der Waals surface area contributed by atoms with Crippen LogP contribution in [0.1, 0.15) is 73.1 Å². The van der Waals surface area contributed by atoms with E-state index in [0.717, 1.165) is 12.0 Å². The van der Waals surface area contributed by atoms with Crippen LogP contribution in [0.25, 0.3) is 0 Å². The molecule has 0 radical (unpaired) electrons. The van der Waals surface area contributed by atoms with Gasteiger partial charge < -0.3 is 9.59 Å². The van der Waals surface area contributed by atoms with Gasteiger partial charge in [0.1, 0.15) is 17.3 Å². The average molecular weight is 320 g/mol. The lowest BCUT2D eigenvalue weighted by Crippen LogP contribution is -2.07. The third-order valence-corrected chi connectivity index (χ3v) is 3.93. The maximum absolute atomic E-state index is 11.7. The molecule has 130 valence electrons. The van der Waals surface area contributed by atoms with Crippen molar-refractivity contribution in [3.05, 3.63) is 23.8 Å². The van der Waals surface area contributed by atoms with E-state index in [0.29, 0.717) is 43.9 Å². The fourth-order valence-corrected chi connectivity index (χ4v) is 2.28. The van der Waals surface area contributed by atoms with Gasteiger partial charge in [-0.25, -0.2) is 0 Å². The van der Waals surface area contributed by atoms with Crippen molar-refractivity contribution in [3.63, 3.8) is 0 Å². The molecule has 1 atom stereocenters. The van der Waals surface area contributed by atoms with Crippen LogP contribution in [0.15, 0.2) is 23.8 Å². The Hall–Kier alpha value is -1.51. The Morgan fingerprint density at radius 1 is 0.913 bits per heavy atom. The Bertz CT molecular complexity index is 456. The van der Waals surface area contributed by atoms with Crippen LogP contribution in [0.3, 0.4) is 0 Å². The number of hydrogen-bond acceptors (Lipinski definition) is 3. The smallest absolute Gasteiger partial charge is 0.136 e. The molecule has 0 aliphatic carbocycles. The van der Waals surface area contributed by atoms with Crippen molar-refractivity contribution in [2.24, 2.45) is 11.8 Å². The first kappa shape index (κ1) is 21.5. The maximum atomic E-state index is 11.7. The quantitative estimate of drug-likeness (QED) is 0.483. The monoisotopic (exact) mass is 320 g/mol. The zero-order valence-corrected chi connectivity index (χ0v) is 15.4. The minimum Gasteiger partial charge on any atom is -0.300 e. The Labute approximate surface area is 141 Å². The fourth-order valence-electron chi connectivity index (χ4n) is 2.28. The number of ketones is 3. The van der Waals surface area contributed by atoms with Crippen molar-refractivity contribution in [3.8, 4) is 0 Å². The first-order valence-corrected chi connectivity index (χ1v) is 8.58. The Kier molecular flexibility index (Phi) is 11.2. The van der Waals surface area contributed by atoms with E-state index in [1.807, 2.05) is 19.1 Å².